The van der Waals surface area contributed by atoms with Gasteiger partial charge in [-0.05, 0) is 30.3 Å². The Morgan fingerprint density at radius 1 is 0.893 bits per heavy atom. The number of carbonyl (C=O) groups is 1. The number of hydrogen-bond donors (Lipinski definition) is 3. The van der Waals surface area contributed by atoms with Crippen LogP contribution in [0.15, 0.2) is 72.5 Å². The van der Waals surface area contributed by atoms with Gasteiger partial charge in [0.05, 0.1) is 11.1 Å². The monoisotopic (exact) mass is 376 g/mol. The van der Waals surface area contributed by atoms with Crippen molar-refractivity contribution in [3.8, 4) is 23.0 Å². The Morgan fingerprint density at radius 3 is 2.32 bits per heavy atom. The number of phenols is 2. The number of fused-ring (bicyclic) bond motifs is 1. The van der Waals surface area contributed by atoms with E-state index in [9.17, 15) is 20.1 Å². The number of hydrogen-bond acceptors (Lipinski definition) is 6. The first-order chi connectivity index (χ1) is 13.5. The summed E-state index contributed by atoms with van der Waals surface area (Å²) in [5, 5.41) is 29.9. The van der Waals surface area contributed by atoms with E-state index in [1.54, 1.807) is 42.5 Å². The van der Waals surface area contributed by atoms with E-state index >= 15 is 0 Å². The molecular formula is C22H16O6. The number of carbonyl (C=O) groups excluding carboxylic acids is 1. The molecule has 0 bridgehead atoms. The van der Waals surface area contributed by atoms with E-state index in [-0.39, 0.29) is 28.8 Å². The van der Waals surface area contributed by atoms with Crippen LogP contribution in [-0.4, -0.2) is 21.3 Å². The zero-order valence-corrected chi connectivity index (χ0v) is 14.6. The third-order valence-corrected chi connectivity index (χ3v) is 4.30. The van der Waals surface area contributed by atoms with Gasteiger partial charge in [0.1, 0.15) is 28.8 Å². The fourth-order valence-corrected chi connectivity index (χ4v) is 2.94. The molecule has 28 heavy (non-hydrogen) atoms. The number of aliphatic hydroxyl groups is 1. The molecule has 1 unspecified atom stereocenters. The van der Waals surface area contributed by atoms with Crippen LogP contribution in [0.3, 0.4) is 0 Å². The van der Waals surface area contributed by atoms with Gasteiger partial charge in [0, 0.05) is 17.7 Å². The Balaban J connectivity index is 1.68. The third kappa shape index (κ3) is 3.35. The van der Waals surface area contributed by atoms with Gasteiger partial charge in [0.15, 0.2) is 6.10 Å². The topological polar surface area (TPSA) is 96.2 Å². The predicted octanol–water partition coefficient (Wildman–Crippen LogP) is 4.35. The lowest BCUT2D eigenvalue weighted by Gasteiger charge is -2.25. The molecule has 0 aromatic heterocycles. The van der Waals surface area contributed by atoms with Crippen molar-refractivity contribution >= 4 is 12.0 Å². The Bertz CT molecular complexity index is 1050. The molecule has 1 aliphatic rings. The van der Waals surface area contributed by atoms with E-state index in [1.165, 1.54) is 30.3 Å². The van der Waals surface area contributed by atoms with Gasteiger partial charge >= 0.3 is 5.97 Å². The van der Waals surface area contributed by atoms with Crippen molar-refractivity contribution in [3.05, 3.63) is 89.2 Å². The number of benzene rings is 3. The van der Waals surface area contributed by atoms with Gasteiger partial charge < -0.3 is 24.8 Å². The van der Waals surface area contributed by atoms with Gasteiger partial charge in [-0.25, -0.2) is 4.79 Å². The lowest BCUT2D eigenvalue weighted by atomic mass is 10.0. The average molecular weight is 376 g/mol. The van der Waals surface area contributed by atoms with E-state index in [2.05, 4.69) is 0 Å². The lowest BCUT2D eigenvalue weighted by Crippen LogP contribution is -2.16. The van der Waals surface area contributed by atoms with Crippen molar-refractivity contribution in [2.45, 2.75) is 6.10 Å². The maximum Gasteiger partial charge on any atom is 0.343 e. The molecule has 6 nitrogen and oxygen atoms in total. The SMILES string of the molecule is O=C(Oc1cc(O)cc2c1C=C(O)C(c1ccc(O)cc1)O2)c1ccccc1. The fraction of sp³-hybridized carbons (Fsp3) is 0.0455. The Labute approximate surface area is 160 Å². The summed E-state index contributed by atoms with van der Waals surface area (Å²) in [6.45, 7) is 0. The van der Waals surface area contributed by atoms with Crippen LogP contribution >= 0.6 is 0 Å². The molecule has 0 spiro atoms. The normalized spacial score (nSPS) is 15.1. The first-order valence-corrected chi connectivity index (χ1v) is 8.51. The zero-order valence-electron chi connectivity index (χ0n) is 14.6. The van der Waals surface area contributed by atoms with Crippen molar-refractivity contribution in [2.75, 3.05) is 0 Å². The summed E-state index contributed by atoms with van der Waals surface area (Å²) in [5.41, 5.74) is 1.31. The number of rotatable bonds is 3. The summed E-state index contributed by atoms with van der Waals surface area (Å²) in [4.78, 5) is 12.4. The second-order valence-corrected chi connectivity index (χ2v) is 6.27. The Kier molecular flexibility index (Phi) is 4.37. The van der Waals surface area contributed by atoms with Crippen LogP contribution in [0.2, 0.25) is 0 Å². The Morgan fingerprint density at radius 2 is 1.61 bits per heavy atom. The van der Waals surface area contributed by atoms with E-state index in [4.69, 9.17) is 9.47 Å². The van der Waals surface area contributed by atoms with Crippen molar-refractivity contribution in [1.29, 1.82) is 0 Å². The minimum atomic E-state index is -0.812. The van der Waals surface area contributed by atoms with Gasteiger partial charge in [0.25, 0.3) is 0 Å². The number of esters is 1. The van der Waals surface area contributed by atoms with Crippen LogP contribution < -0.4 is 9.47 Å². The van der Waals surface area contributed by atoms with Crippen LogP contribution in [0, 0.1) is 0 Å². The van der Waals surface area contributed by atoms with Gasteiger partial charge in [-0.1, -0.05) is 30.3 Å². The summed E-state index contributed by atoms with van der Waals surface area (Å²) in [6.07, 6.45) is 0.622. The fourth-order valence-electron chi connectivity index (χ4n) is 2.94. The van der Waals surface area contributed by atoms with Crippen molar-refractivity contribution in [1.82, 2.24) is 0 Å². The molecule has 6 heteroatoms. The highest BCUT2D eigenvalue weighted by molar-refractivity contribution is 5.91. The average Bonchev–Trinajstić information content (AvgIpc) is 2.69. The molecule has 0 amide bonds. The van der Waals surface area contributed by atoms with Crippen LogP contribution in [0.25, 0.3) is 6.08 Å². The van der Waals surface area contributed by atoms with E-state index in [0.29, 0.717) is 16.7 Å². The summed E-state index contributed by atoms with van der Waals surface area (Å²) >= 11 is 0. The molecule has 1 aliphatic heterocycles. The molecule has 0 fully saturated rings. The van der Waals surface area contributed by atoms with E-state index in [1.807, 2.05) is 0 Å². The molecule has 140 valence electrons. The minimum absolute atomic E-state index is 0.0690. The molecular weight excluding hydrogens is 360 g/mol. The number of phenolic OH excluding ortho intramolecular Hbond substituents is 2. The molecule has 0 aliphatic carbocycles. The van der Waals surface area contributed by atoms with Crippen LogP contribution in [0.4, 0.5) is 0 Å². The summed E-state index contributed by atoms with van der Waals surface area (Å²) in [5.74, 6) is -0.417. The molecule has 0 saturated carbocycles. The van der Waals surface area contributed by atoms with E-state index < -0.39 is 12.1 Å². The van der Waals surface area contributed by atoms with Crippen LogP contribution in [0.5, 0.6) is 23.0 Å². The number of ether oxygens (including phenoxy) is 2. The zero-order chi connectivity index (χ0) is 19.7. The van der Waals surface area contributed by atoms with Crippen molar-refractivity contribution < 1.29 is 29.6 Å². The van der Waals surface area contributed by atoms with E-state index in [0.717, 1.165) is 0 Å². The highest BCUT2D eigenvalue weighted by Crippen LogP contribution is 2.43. The molecule has 0 saturated heterocycles. The van der Waals surface area contributed by atoms with Gasteiger partial charge in [-0.2, -0.15) is 0 Å². The minimum Gasteiger partial charge on any atom is -0.508 e. The second-order valence-electron chi connectivity index (χ2n) is 6.27. The molecule has 3 aromatic carbocycles. The maximum absolute atomic E-state index is 12.4. The van der Waals surface area contributed by atoms with Gasteiger partial charge in [-0.3, -0.25) is 0 Å². The summed E-state index contributed by atoms with van der Waals surface area (Å²) in [7, 11) is 0. The highest BCUT2D eigenvalue weighted by Gasteiger charge is 2.27. The smallest absolute Gasteiger partial charge is 0.343 e. The second kappa shape index (κ2) is 7.00. The van der Waals surface area contributed by atoms with Gasteiger partial charge in [-0.15, -0.1) is 0 Å². The number of aromatic hydroxyl groups is 2. The van der Waals surface area contributed by atoms with Gasteiger partial charge in [0.2, 0.25) is 0 Å². The molecule has 4 rings (SSSR count). The molecule has 1 heterocycles. The lowest BCUT2D eigenvalue weighted by molar-refractivity contribution is 0.0732. The quantitative estimate of drug-likeness (QED) is 0.465. The predicted molar refractivity (Wildman–Crippen MR) is 102 cm³/mol. The van der Waals surface area contributed by atoms with Crippen LogP contribution in [-0.2, 0) is 0 Å². The molecule has 1 atom stereocenters. The maximum atomic E-state index is 12.4. The van der Waals surface area contributed by atoms with Crippen LogP contribution in [0.1, 0.15) is 27.6 Å². The largest absolute Gasteiger partial charge is 0.508 e. The summed E-state index contributed by atoms with van der Waals surface area (Å²) in [6, 6.07) is 17.3. The first-order valence-electron chi connectivity index (χ1n) is 8.51. The first kappa shape index (κ1) is 17.5. The summed E-state index contributed by atoms with van der Waals surface area (Å²) < 4.78 is 11.2. The molecule has 3 aromatic rings. The Hall–Kier alpha value is -3.93. The third-order valence-electron chi connectivity index (χ3n) is 4.30. The standard InChI is InChI=1S/C22H16O6/c23-15-8-6-13(7-9-15)21-18(25)12-17-19(27-21)10-16(24)11-20(17)28-22(26)14-4-2-1-3-5-14/h1-12,21,23-25H. The number of aliphatic hydroxyl groups excluding tert-OH is 1. The molecule has 3 N–H and O–H groups in total. The van der Waals surface area contributed by atoms with Crippen molar-refractivity contribution in [2.24, 2.45) is 0 Å². The van der Waals surface area contributed by atoms with Crippen molar-refractivity contribution in [3.63, 3.8) is 0 Å². The molecule has 0 radical (unpaired) electrons. The highest BCUT2D eigenvalue weighted by atomic mass is 16.5.